The van der Waals surface area contributed by atoms with Gasteiger partial charge in [-0.05, 0) is 37.8 Å². The van der Waals surface area contributed by atoms with E-state index in [-0.39, 0.29) is 24.1 Å². The number of aliphatic hydroxyl groups excluding tert-OH is 1. The highest BCUT2D eigenvalue weighted by atomic mass is 35.5. The maximum atomic E-state index is 12.5. The summed E-state index contributed by atoms with van der Waals surface area (Å²) in [5.41, 5.74) is 0.281. The molecule has 2 heterocycles. The molecule has 0 spiro atoms. The van der Waals surface area contributed by atoms with Crippen LogP contribution in [-0.4, -0.2) is 47.1 Å². The first kappa shape index (κ1) is 15.1. The van der Waals surface area contributed by atoms with Crippen LogP contribution in [0.3, 0.4) is 0 Å². The number of aliphatic hydroxyl groups is 1. The van der Waals surface area contributed by atoms with Crippen LogP contribution in [-0.2, 0) is 0 Å². The predicted molar refractivity (Wildman–Crippen MR) is 79.1 cm³/mol. The summed E-state index contributed by atoms with van der Waals surface area (Å²) in [6.45, 7) is 4.08. The molecule has 0 bridgehead atoms. The van der Waals surface area contributed by atoms with E-state index in [0.29, 0.717) is 23.9 Å². The fourth-order valence-electron chi connectivity index (χ4n) is 2.42. The van der Waals surface area contributed by atoms with Crippen molar-refractivity contribution in [3.05, 3.63) is 22.8 Å². The molecular formula is C14H20ClN3O2. The second kappa shape index (κ2) is 6.90. The molecule has 0 aromatic carbocycles. The second-order valence-electron chi connectivity index (χ2n) is 5.00. The molecule has 1 aliphatic rings. The fourth-order valence-corrected chi connectivity index (χ4v) is 2.61. The Morgan fingerprint density at radius 1 is 1.60 bits per heavy atom. The van der Waals surface area contributed by atoms with Gasteiger partial charge in [-0.15, -0.1) is 0 Å². The van der Waals surface area contributed by atoms with Gasteiger partial charge in [0.05, 0.1) is 5.02 Å². The number of piperidine rings is 1. The van der Waals surface area contributed by atoms with Crippen LogP contribution in [0, 0.1) is 5.92 Å². The summed E-state index contributed by atoms with van der Waals surface area (Å²) in [6, 6.07) is 3.45. The normalized spacial score (nSPS) is 18.9. The summed E-state index contributed by atoms with van der Waals surface area (Å²) in [4.78, 5) is 18.5. The monoisotopic (exact) mass is 297 g/mol. The lowest BCUT2D eigenvalue weighted by Crippen LogP contribution is -2.41. The van der Waals surface area contributed by atoms with E-state index in [1.165, 1.54) is 0 Å². The van der Waals surface area contributed by atoms with E-state index in [0.717, 1.165) is 19.4 Å². The Labute approximate surface area is 123 Å². The molecule has 110 valence electrons. The van der Waals surface area contributed by atoms with Crippen LogP contribution in [0.2, 0.25) is 5.02 Å². The Bertz CT molecular complexity index is 481. The van der Waals surface area contributed by atoms with Crippen LogP contribution >= 0.6 is 11.6 Å². The number of carbonyl (C=O) groups excluding carboxylic acids is 1. The molecule has 1 fully saturated rings. The van der Waals surface area contributed by atoms with Gasteiger partial charge in [0, 0.05) is 26.2 Å². The van der Waals surface area contributed by atoms with Gasteiger partial charge in [0.2, 0.25) is 0 Å². The summed E-state index contributed by atoms with van der Waals surface area (Å²) in [7, 11) is 0. The Kier molecular flexibility index (Phi) is 5.20. The van der Waals surface area contributed by atoms with E-state index >= 15 is 0 Å². The third kappa shape index (κ3) is 3.41. The smallest absolute Gasteiger partial charge is 0.274 e. The number of halogens is 1. The highest BCUT2D eigenvalue weighted by Gasteiger charge is 2.26. The number of hydrogen-bond donors (Lipinski definition) is 2. The van der Waals surface area contributed by atoms with Gasteiger partial charge in [0.25, 0.3) is 5.91 Å². The lowest BCUT2D eigenvalue weighted by atomic mass is 9.99. The molecule has 1 saturated heterocycles. The Morgan fingerprint density at radius 2 is 2.40 bits per heavy atom. The number of likely N-dealkylation sites (tertiary alicyclic amines) is 1. The molecule has 1 amide bonds. The summed E-state index contributed by atoms with van der Waals surface area (Å²) >= 11 is 6.09. The SMILES string of the molecule is CCNc1ccc(Cl)c(C(=O)N2CCCC(CO)C2)n1. The van der Waals surface area contributed by atoms with Gasteiger partial charge in [-0.2, -0.15) is 0 Å². The van der Waals surface area contributed by atoms with Crippen LogP contribution in [0.25, 0.3) is 0 Å². The third-order valence-electron chi connectivity index (χ3n) is 3.47. The second-order valence-corrected chi connectivity index (χ2v) is 5.41. The summed E-state index contributed by atoms with van der Waals surface area (Å²) in [5, 5.41) is 12.7. The Morgan fingerprint density at radius 3 is 3.10 bits per heavy atom. The molecule has 2 N–H and O–H groups in total. The lowest BCUT2D eigenvalue weighted by molar-refractivity contribution is 0.0615. The highest BCUT2D eigenvalue weighted by molar-refractivity contribution is 6.33. The molecule has 1 aromatic rings. The lowest BCUT2D eigenvalue weighted by Gasteiger charge is -2.31. The summed E-state index contributed by atoms with van der Waals surface area (Å²) in [6.07, 6.45) is 1.86. The molecule has 1 atom stereocenters. The molecule has 0 radical (unpaired) electrons. The van der Waals surface area contributed by atoms with Crippen molar-refractivity contribution in [2.24, 2.45) is 5.92 Å². The average molecular weight is 298 g/mol. The van der Waals surface area contributed by atoms with Crippen molar-refractivity contribution in [2.45, 2.75) is 19.8 Å². The van der Waals surface area contributed by atoms with Gasteiger partial charge >= 0.3 is 0 Å². The first-order valence-electron chi connectivity index (χ1n) is 6.96. The topological polar surface area (TPSA) is 65.5 Å². The van der Waals surface area contributed by atoms with Crippen molar-refractivity contribution < 1.29 is 9.90 Å². The van der Waals surface area contributed by atoms with Crippen molar-refractivity contribution in [3.8, 4) is 0 Å². The van der Waals surface area contributed by atoms with Crippen LogP contribution in [0.1, 0.15) is 30.3 Å². The van der Waals surface area contributed by atoms with Crippen LogP contribution < -0.4 is 5.32 Å². The van der Waals surface area contributed by atoms with Gasteiger partial charge in [-0.1, -0.05) is 11.6 Å². The minimum Gasteiger partial charge on any atom is -0.396 e. The number of pyridine rings is 1. The number of amides is 1. The zero-order valence-corrected chi connectivity index (χ0v) is 12.4. The highest BCUT2D eigenvalue weighted by Crippen LogP contribution is 2.22. The van der Waals surface area contributed by atoms with E-state index in [4.69, 9.17) is 11.6 Å². The van der Waals surface area contributed by atoms with Gasteiger partial charge in [-0.3, -0.25) is 4.79 Å². The van der Waals surface area contributed by atoms with Gasteiger partial charge in [0.15, 0.2) is 0 Å². The Hall–Kier alpha value is -1.33. The van der Waals surface area contributed by atoms with Crippen LogP contribution in [0.4, 0.5) is 5.82 Å². The predicted octanol–water partition coefficient (Wildman–Crippen LogP) is 2.01. The number of nitrogens with zero attached hydrogens (tertiary/aromatic N) is 2. The maximum absolute atomic E-state index is 12.5. The van der Waals surface area contributed by atoms with E-state index in [1.807, 2.05) is 6.92 Å². The molecule has 0 aliphatic carbocycles. The quantitative estimate of drug-likeness (QED) is 0.892. The first-order valence-corrected chi connectivity index (χ1v) is 7.34. The number of hydrogen-bond acceptors (Lipinski definition) is 4. The van der Waals surface area contributed by atoms with Crippen LogP contribution in [0.5, 0.6) is 0 Å². The fraction of sp³-hybridized carbons (Fsp3) is 0.571. The minimum atomic E-state index is -0.159. The first-order chi connectivity index (χ1) is 9.65. The zero-order chi connectivity index (χ0) is 14.5. The van der Waals surface area contributed by atoms with Crippen molar-refractivity contribution in [3.63, 3.8) is 0 Å². The largest absolute Gasteiger partial charge is 0.396 e. The van der Waals surface area contributed by atoms with Crippen molar-refractivity contribution in [1.29, 1.82) is 0 Å². The number of rotatable bonds is 4. The van der Waals surface area contributed by atoms with E-state index in [9.17, 15) is 9.90 Å². The van der Waals surface area contributed by atoms with Crippen molar-refractivity contribution >= 4 is 23.3 Å². The van der Waals surface area contributed by atoms with Gasteiger partial charge in [0.1, 0.15) is 11.5 Å². The van der Waals surface area contributed by atoms with Crippen LogP contribution in [0.15, 0.2) is 12.1 Å². The summed E-state index contributed by atoms with van der Waals surface area (Å²) < 4.78 is 0. The minimum absolute atomic E-state index is 0.113. The molecule has 2 rings (SSSR count). The number of aromatic nitrogens is 1. The Balaban J connectivity index is 2.17. The molecular weight excluding hydrogens is 278 g/mol. The molecule has 5 nitrogen and oxygen atoms in total. The molecule has 1 aliphatic heterocycles. The third-order valence-corrected chi connectivity index (χ3v) is 3.78. The van der Waals surface area contributed by atoms with Gasteiger partial charge < -0.3 is 15.3 Å². The van der Waals surface area contributed by atoms with Crippen molar-refractivity contribution in [2.75, 3.05) is 31.6 Å². The molecule has 1 unspecified atom stereocenters. The number of anilines is 1. The molecule has 6 heteroatoms. The van der Waals surface area contributed by atoms with E-state index in [2.05, 4.69) is 10.3 Å². The van der Waals surface area contributed by atoms with E-state index in [1.54, 1.807) is 17.0 Å². The maximum Gasteiger partial charge on any atom is 0.274 e. The number of nitrogens with one attached hydrogen (secondary N) is 1. The van der Waals surface area contributed by atoms with Crippen molar-refractivity contribution in [1.82, 2.24) is 9.88 Å². The standard InChI is InChI=1S/C14H20ClN3O2/c1-2-16-12-6-5-11(15)13(17-12)14(20)18-7-3-4-10(8-18)9-19/h5-6,10,19H,2-4,7-9H2,1H3,(H,16,17). The zero-order valence-electron chi connectivity index (χ0n) is 11.6. The number of carbonyl (C=O) groups is 1. The molecule has 0 saturated carbocycles. The molecule has 20 heavy (non-hydrogen) atoms. The average Bonchev–Trinajstić information content (AvgIpc) is 2.49. The van der Waals surface area contributed by atoms with Gasteiger partial charge in [-0.25, -0.2) is 4.98 Å². The summed E-state index contributed by atoms with van der Waals surface area (Å²) in [5.74, 6) is 0.646. The molecule has 1 aromatic heterocycles. The van der Waals surface area contributed by atoms with E-state index < -0.39 is 0 Å².